The van der Waals surface area contributed by atoms with Gasteiger partial charge in [-0.1, -0.05) is 20.3 Å². The molecular weight excluding hydrogens is 286 g/mol. The molecule has 0 spiro atoms. The maximum atomic E-state index is 10.7. The Morgan fingerprint density at radius 2 is 2.29 bits per heavy atom. The second-order valence-corrected chi connectivity index (χ2v) is 4.88. The van der Waals surface area contributed by atoms with Gasteiger partial charge in [-0.2, -0.15) is 0 Å². The number of nitro groups is 1. The number of nitrogens with one attached hydrogen (secondary N) is 1. The molecule has 0 bridgehead atoms. The minimum atomic E-state index is -0.425. The van der Waals surface area contributed by atoms with Crippen molar-refractivity contribution in [3.63, 3.8) is 0 Å². The average molecular weight is 302 g/mol. The summed E-state index contributed by atoms with van der Waals surface area (Å²) in [5, 5.41) is 13.9. The van der Waals surface area contributed by atoms with Crippen molar-refractivity contribution >= 4 is 27.4 Å². The Bertz CT molecular complexity index is 423. The number of pyridine rings is 1. The van der Waals surface area contributed by atoms with Crippen molar-refractivity contribution in [3.05, 3.63) is 26.3 Å². The monoisotopic (exact) mass is 301 g/mol. The summed E-state index contributed by atoms with van der Waals surface area (Å²) in [5.74, 6) is 1.20. The minimum Gasteiger partial charge on any atom is -0.369 e. The Morgan fingerprint density at radius 3 is 2.82 bits per heavy atom. The zero-order valence-electron chi connectivity index (χ0n) is 10.2. The lowest BCUT2D eigenvalue weighted by atomic mass is 10.1. The summed E-state index contributed by atoms with van der Waals surface area (Å²) in [7, 11) is 0. The molecule has 0 aliphatic heterocycles. The molecule has 5 nitrogen and oxygen atoms in total. The summed E-state index contributed by atoms with van der Waals surface area (Å²) < 4.78 is 0.662. The van der Waals surface area contributed by atoms with E-state index in [4.69, 9.17) is 0 Å². The molecule has 0 aliphatic carbocycles. The molecule has 1 aromatic rings. The summed E-state index contributed by atoms with van der Waals surface area (Å²) in [5.41, 5.74) is 0.627. The van der Waals surface area contributed by atoms with Crippen molar-refractivity contribution in [3.8, 4) is 0 Å². The van der Waals surface area contributed by atoms with Gasteiger partial charge in [0.05, 0.1) is 9.40 Å². The number of aromatic nitrogens is 1. The third kappa shape index (κ3) is 3.39. The Balaban J connectivity index is 2.89. The first-order chi connectivity index (χ1) is 7.97. The lowest BCUT2D eigenvalue weighted by Crippen LogP contribution is -2.12. The van der Waals surface area contributed by atoms with Gasteiger partial charge in [-0.15, -0.1) is 0 Å². The van der Waals surface area contributed by atoms with Crippen molar-refractivity contribution in [2.24, 2.45) is 5.92 Å². The predicted octanol–water partition coefficient (Wildman–Crippen LogP) is 3.52. The van der Waals surface area contributed by atoms with E-state index in [9.17, 15) is 10.1 Å². The number of halogens is 1. The number of anilines is 1. The summed E-state index contributed by atoms with van der Waals surface area (Å²) >= 11 is 3.34. The predicted molar refractivity (Wildman–Crippen MR) is 71.3 cm³/mol. The highest BCUT2D eigenvalue weighted by molar-refractivity contribution is 9.10. The first-order valence-electron chi connectivity index (χ1n) is 5.50. The maximum Gasteiger partial charge on any atom is 0.291 e. The SMILES string of the molecule is CCC(C)CNc1ncc([N+](=O)[O-])c(C)c1Br. The van der Waals surface area contributed by atoms with Gasteiger partial charge in [0.25, 0.3) is 5.69 Å². The van der Waals surface area contributed by atoms with E-state index < -0.39 is 4.92 Å². The van der Waals surface area contributed by atoms with Crippen LogP contribution in [0, 0.1) is 23.0 Å². The van der Waals surface area contributed by atoms with Gasteiger partial charge in [-0.3, -0.25) is 10.1 Å². The summed E-state index contributed by atoms with van der Waals surface area (Å²) in [6, 6.07) is 0. The van der Waals surface area contributed by atoms with E-state index in [-0.39, 0.29) is 5.69 Å². The fourth-order valence-corrected chi connectivity index (χ4v) is 1.74. The minimum absolute atomic E-state index is 0.0333. The molecule has 0 fully saturated rings. The van der Waals surface area contributed by atoms with E-state index >= 15 is 0 Å². The van der Waals surface area contributed by atoms with Crippen LogP contribution >= 0.6 is 15.9 Å². The van der Waals surface area contributed by atoms with E-state index in [1.165, 1.54) is 6.20 Å². The van der Waals surface area contributed by atoms with E-state index in [2.05, 4.69) is 40.1 Å². The third-order valence-electron chi connectivity index (χ3n) is 2.75. The molecule has 0 saturated heterocycles. The van der Waals surface area contributed by atoms with E-state index in [0.29, 0.717) is 21.8 Å². The van der Waals surface area contributed by atoms with Gasteiger partial charge in [0, 0.05) is 12.1 Å². The van der Waals surface area contributed by atoms with Crippen molar-refractivity contribution in [1.29, 1.82) is 0 Å². The van der Waals surface area contributed by atoms with Crippen LogP contribution in [0.4, 0.5) is 11.5 Å². The molecule has 0 aliphatic rings. The van der Waals surface area contributed by atoms with E-state index in [1.807, 2.05) is 0 Å². The number of hydrogen-bond donors (Lipinski definition) is 1. The van der Waals surface area contributed by atoms with Gasteiger partial charge in [-0.25, -0.2) is 4.98 Å². The highest BCUT2D eigenvalue weighted by atomic mass is 79.9. The highest BCUT2D eigenvalue weighted by Crippen LogP contribution is 2.30. The van der Waals surface area contributed by atoms with Crippen molar-refractivity contribution in [2.75, 3.05) is 11.9 Å². The Labute approximate surface area is 109 Å². The molecule has 1 N–H and O–H groups in total. The van der Waals surface area contributed by atoms with Gasteiger partial charge in [0.2, 0.25) is 0 Å². The zero-order chi connectivity index (χ0) is 13.0. The largest absolute Gasteiger partial charge is 0.369 e. The number of hydrogen-bond acceptors (Lipinski definition) is 4. The van der Waals surface area contributed by atoms with Gasteiger partial charge < -0.3 is 5.32 Å². The Morgan fingerprint density at radius 1 is 1.65 bits per heavy atom. The van der Waals surface area contributed by atoms with Crippen LogP contribution in [-0.4, -0.2) is 16.5 Å². The van der Waals surface area contributed by atoms with Crippen molar-refractivity contribution in [2.45, 2.75) is 27.2 Å². The summed E-state index contributed by atoms with van der Waals surface area (Å²) in [6.07, 6.45) is 2.37. The second kappa shape index (κ2) is 5.95. The van der Waals surface area contributed by atoms with Crippen molar-refractivity contribution < 1.29 is 4.92 Å². The standard InChI is InChI=1S/C11H16BrN3O2/c1-4-7(2)5-13-11-10(12)8(3)9(6-14-11)15(16)17/h6-7H,4-5H2,1-3H3,(H,13,14). The van der Waals surface area contributed by atoms with Gasteiger partial charge in [-0.05, 0) is 28.8 Å². The molecule has 1 atom stereocenters. The van der Waals surface area contributed by atoms with Gasteiger partial charge in [0.15, 0.2) is 0 Å². The summed E-state index contributed by atoms with van der Waals surface area (Å²) in [6.45, 7) is 6.77. The topological polar surface area (TPSA) is 68.1 Å². The highest BCUT2D eigenvalue weighted by Gasteiger charge is 2.17. The average Bonchev–Trinajstić information content (AvgIpc) is 2.30. The van der Waals surface area contributed by atoms with Crippen LogP contribution in [0.25, 0.3) is 0 Å². The first-order valence-corrected chi connectivity index (χ1v) is 6.30. The molecule has 94 valence electrons. The van der Waals surface area contributed by atoms with Gasteiger partial charge in [0.1, 0.15) is 12.0 Å². The van der Waals surface area contributed by atoms with E-state index in [0.717, 1.165) is 13.0 Å². The molecule has 1 heterocycles. The Kier molecular flexibility index (Phi) is 4.86. The molecular formula is C11H16BrN3O2. The smallest absolute Gasteiger partial charge is 0.291 e. The quantitative estimate of drug-likeness (QED) is 0.667. The fraction of sp³-hybridized carbons (Fsp3) is 0.545. The number of nitrogens with zero attached hydrogens (tertiary/aromatic N) is 2. The fourth-order valence-electron chi connectivity index (χ4n) is 1.29. The normalized spacial score (nSPS) is 12.2. The molecule has 1 rings (SSSR count). The Hall–Kier alpha value is -1.17. The third-order valence-corrected chi connectivity index (χ3v) is 3.72. The van der Waals surface area contributed by atoms with Crippen LogP contribution in [0.5, 0.6) is 0 Å². The van der Waals surface area contributed by atoms with Crippen LogP contribution in [0.1, 0.15) is 25.8 Å². The van der Waals surface area contributed by atoms with Crippen molar-refractivity contribution in [1.82, 2.24) is 4.98 Å². The molecule has 1 aromatic heterocycles. The van der Waals surface area contributed by atoms with Crippen LogP contribution in [-0.2, 0) is 0 Å². The maximum absolute atomic E-state index is 10.7. The van der Waals surface area contributed by atoms with Gasteiger partial charge >= 0.3 is 0 Å². The molecule has 0 aromatic carbocycles. The van der Waals surface area contributed by atoms with E-state index in [1.54, 1.807) is 6.92 Å². The van der Waals surface area contributed by atoms with Crippen LogP contribution < -0.4 is 5.32 Å². The van der Waals surface area contributed by atoms with Crippen LogP contribution in [0.3, 0.4) is 0 Å². The zero-order valence-corrected chi connectivity index (χ0v) is 11.7. The molecule has 17 heavy (non-hydrogen) atoms. The lowest BCUT2D eigenvalue weighted by molar-refractivity contribution is -0.385. The molecule has 0 radical (unpaired) electrons. The molecule has 0 amide bonds. The molecule has 0 saturated carbocycles. The van der Waals surface area contributed by atoms with Crippen LogP contribution in [0.2, 0.25) is 0 Å². The molecule has 1 unspecified atom stereocenters. The molecule has 6 heteroatoms. The first kappa shape index (κ1) is 13.9. The lowest BCUT2D eigenvalue weighted by Gasteiger charge is -2.12. The van der Waals surface area contributed by atoms with Crippen LogP contribution in [0.15, 0.2) is 10.7 Å². The number of rotatable bonds is 5. The second-order valence-electron chi connectivity index (χ2n) is 4.08. The summed E-state index contributed by atoms with van der Waals surface area (Å²) in [4.78, 5) is 14.4.